The first-order valence-electron chi connectivity index (χ1n) is 8.09. The summed E-state index contributed by atoms with van der Waals surface area (Å²) in [7, 11) is -3.17. The molecule has 0 saturated heterocycles. The Balaban J connectivity index is 1.56. The second-order valence-corrected chi connectivity index (χ2v) is 9.95. The van der Waals surface area contributed by atoms with Crippen molar-refractivity contribution in [2.75, 3.05) is 18.6 Å². The number of carbonyl (C=O) groups is 1. The minimum Gasteiger partial charge on any atom is -0.292 e. The van der Waals surface area contributed by atoms with E-state index in [0.29, 0.717) is 23.6 Å². The average Bonchev–Trinajstić information content (AvgIpc) is 3.07. The standard InChI is InChI=1S/C19H19NO3S3/c1-26(22,23)20-11-10-16-8-9-19(25-16)18(21)13-24-17-7-6-14-4-2-3-5-15(14)12-17/h2-9,12,20H,10-11,13H2,1H3. The Hall–Kier alpha value is -1.67. The Morgan fingerprint density at radius 3 is 2.62 bits per heavy atom. The SMILES string of the molecule is CS(=O)(=O)NCCc1ccc(C(=O)CSc2ccc3ccccc3c2)s1. The number of hydrogen-bond acceptors (Lipinski definition) is 5. The van der Waals surface area contributed by atoms with Gasteiger partial charge >= 0.3 is 0 Å². The first-order valence-corrected chi connectivity index (χ1v) is 11.8. The van der Waals surface area contributed by atoms with Gasteiger partial charge in [0.1, 0.15) is 0 Å². The van der Waals surface area contributed by atoms with Crippen LogP contribution in [0, 0.1) is 0 Å². The molecule has 0 aliphatic rings. The van der Waals surface area contributed by atoms with Crippen LogP contribution in [-0.4, -0.2) is 32.8 Å². The third-order valence-corrected chi connectivity index (χ3v) is 6.67. The quantitative estimate of drug-likeness (QED) is 0.455. The van der Waals surface area contributed by atoms with Crippen LogP contribution >= 0.6 is 23.1 Å². The van der Waals surface area contributed by atoms with E-state index in [1.807, 2.05) is 30.3 Å². The van der Waals surface area contributed by atoms with Crippen LogP contribution in [0.15, 0.2) is 59.5 Å². The lowest BCUT2D eigenvalue weighted by Gasteiger charge is -2.03. The number of rotatable bonds is 8. The predicted molar refractivity (Wildman–Crippen MR) is 110 cm³/mol. The van der Waals surface area contributed by atoms with E-state index in [-0.39, 0.29) is 5.78 Å². The fourth-order valence-corrected chi connectivity index (χ4v) is 4.84. The first kappa shape index (κ1) is 19.1. The average molecular weight is 406 g/mol. The second kappa shape index (κ2) is 8.35. The van der Waals surface area contributed by atoms with E-state index in [9.17, 15) is 13.2 Å². The summed E-state index contributed by atoms with van der Waals surface area (Å²) in [5.41, 5.74) is 0. The number of Topliss-reactive ketones (excluding diaryl/α,β-unsaturated/α-hetero) is 1. The van der Waals surface area contributed by atoms with Crippen LogP contribution in [0.1, 0.15) is 14.5 Å². The molecule has 0 spiro atoms. The topological polar surface area (TPSA) is 63.2 Å². The number of ketones is 1. The van der Waals surface area contributed by atoms with Gasteiger partial charge in [-0.15, -0.1) is 23.1 Å². The summed E-state index contributed by atoms with van der Waals surface area (Å²) >= 11 is 2.97. The van der Waals surface area contributed by atoms with Crippen molar-refractivity contribution in [2.24, 2.45) is 0 Å². The molecule has 0 aliphatic heterocycles. The largest absolute Gasteiger partial charge is 0.292 e. The fraction of sp³-hybridized carbons (Fsp3) is 0.211. The van der Waals surface area contributed by atoms with Gasteiger partial charge in [0.05, 0.1) is 16.9 Å². The van der Waals surface area contributed by atoms with Crippen molar-refractivity contribution >= 4 is 49.7 Å². The Bertz CT molecular complexity index is 1030. The second-order valence-electron chi connectivity index (χ2n) is 5.90. The highest BCUT2D eigenvalue weighted by Gasteiger charge is 2.11. The van der Waals surface area contributed by atoms with Gasteiger partial charge in [0.2, 0.25) is 10.0 Å². The van der Waals surface area contributed by atoms with E-state index in [1.54, 1.807) is 0 Å². The van der Waals surface area contributed by atoms with Crippen LogP contribution in [0.3, 0.4) is 0 Å². The normalized spacial score (nSPS) is 11.7. The van der Waals surface area contributed by atoms with Gasteiger partial charge in [-0.3, -0.25) is 4.79 Å². The summed E-state index contributed by atoms with van der Waals surface area (Å²) in [6, 6.07) is 18.1. The molecular weight excluding hydrogens is 386 g/mol. The summed E-state index contributed by atoms with van der Waals surface area (Å²) in [6.07, 6.45) is 1.73. The summed E-state index contributed by atoms with van der Waals surface area (Å²) in [5, 5.41) is 2.36. The van der Waals surface area contributed by atoms with Crippen molar-refractivity contribution in [3.8, 4) is 0 Å². The Morgan fingerprint density at radius 2 is 1.85 bits per heavy atom. The van der Waals surface area contributed by atoms with Gasteiger partial charge in [0.15, 0.2) is 5.78 Å². The lowest BCUT2D eigenvalue weighted by molar-refractivity contribution is 0.102. The molecule has 26 heavy (non-hydrogen) atoms. The number of carbonyl (C=O) groups excluding carboxylic acids is 1. The molecule has 3 rings (SSSR count). The molecule has 7 heteroatoms. The van der Waals surface area contributed by atoms with Crippen molar-refractivity contribution in [1.82, 2.24) is 4.72 Å². The van der Waals surface area contributed by atoms with Crippen molar-refractivity contribution < 1.29 is 13.2 Å². The summed E-state index contributed by atoms with van der Waals surface area (Å²) in [6.45, 7) is 0.346. The van der Waals surface area contributed by atoms with Crippen LogP contribution in [0.2, 0.25) is 0 Å². The van der Waals surface area contributed by atoms with Crippen molar-refractivity contribution in [1.29, 1.82) is 0 Å². The fourth-order valence-electron chi connectivity index (χ4n) is 2.50. The molecule has 0 fully saturated rings. The van der Waals surface area contributed by atoms with Crippen LogP contribution in [-0.2, 0) is 16.4 Å². The minimum absolute atomic E-state index is 0.0930. The molecule has 3 aromatic rings. The molecule has 0 saturated carbocycles. The van der Waals surface area contributed by atoms with Gasteiger partial charge < -0.3 is 0 Å². The summed E-state index contributed by atoms with van der Waals surface area (Å²) in [4.78, 5) is 15.2. The van der Waals surface area contributed by atoms with Crippen LogP contribution in [0.25, 0.3) is 10.8 Å². The highest BCUT2D eigenvalue weighted by Crippen LogP contribution is 2.26. The number of sulfonamides is 1. The highest BCUT2D eigenvalue weighted by molar-refractivity contribution is 8.00. The van der Waals surface area contributed by atoms with Crippen LogP contribution in [0.5, 0.6) is 0 Å². The monoisotopic (exact) mass is 405 g/mol. The maximum absolute atomic E-state index is 12.4. The lowest BCUT2D eigenvalue weighted by Crippen LogP contribution is -2.23. The molecule has 136 valence electrons. The number of thiophene rings is 1. The van der Waals surface area contributed by atoms with Crippen molar-refractivity contribution in [3.05, 3.63) is 64.4 Å². The van der Waals surface area contributed by atoms with Gasteiger partial charge in [-0.1, -0.05) is 30.3 Å². The van der Waals surface area contributed by atoms with E-state index in [2.05, 4.69) is 29.0 Å². The number of fused-ring (bicyclic) bond motifs is 1. The van der Waals surface area contributed by atoms with Gasteiger partial charge in [-0.2, -0.15) is 0 Å². The van der Waals surface area contributed by atoms with E-state index in [4.69, 9.17) is 0 Å². The third kappa shape index (κ3) is 5.41. The molecule has 0 aliphatic carbocycles. The highest BCUT2D eigenvalue weighted by atomic mass is 32.2. The molecule has 0 amide bonds. The van der Waals surface area contributed by atoms with E-state index >= 15 is 0 Å². The van der Waals surface area contributed by atoms with Gasteiger partial charge in [0.25, 0.3) is 0 Å². The first-order chi connectivity index (χ1) is 12.4. The zero-order valence-electron chi connectivity index (χ0n) is 14.3. The maximum Gasteiger partial charge on any atom is 0.208 e. The molecule has 1 heterocycles. The smallest absolute Gasteiger partial charge is 0.208 e. The molecular formula is C19H19NO3S3. The number of hydrogen-bond donors (Lipinski definition) is 1. The van der Waals surface area contributed by atoms with E-state index in [1.165, 1.54) is 33.9 Å². The molecule has 4 nitrogen and oxygen atoms in total. The zero-order chi connectivity index (χ0) is 18.6. The van der Waals surface area contributed by atoms with Gasteiger partial charge in [-0.25, -0.2) is 13.1 Å². The predicted octanol–water partition coefficient (Wildman–Crippen LogP) is 3.97. The molecule has 1 N–H and O–H groups in total. The lowest BCUT2D eigenvalue weighted by atomic mass is 10.1. The van der Waals surface area contributed by atoms with E-state index < -0.39 is 10.0 Å². The minimum atomic E-state index is -3.17. The molecule has 2 aromatic carbocycles. The molecule has 1 aromatic heterocycles. The molecule has 0 radical (unpaired) electrons. The van der Waals surface area contributed by atoms with E-state index in [0.717, 1.165) is 16.0 Å². The Labute approximate surface area is 161 Å². The molecule has 0 bridgehead atoms. The Kier molecular flexibility index (Phi) is 6.13. The number of benzene rings is 2. The van der Waals surface area contributed by atoms with Gasteiger partial charge in [-0.05, 0) is 41.5 Å². The van der Waals surface area contributed by atoms with Crippen molar-refractivity contribution in [3.63, 3.8) is 0 Å². The van der Waals surface area contributed by atoms with Crippen LogP contribution < -0.4 is 4.72 Å². The summed E-state index contributed by atoms with van der Waals surface area (Å²) < 4.78 is 24.6. The maximum atomic E-state index is 12.4. The number of thioether (sulfide) groups is 1. The van der Waals surface area contributed by atoms with Gasteiger partial charge in [0, 0.05) is 16.3 Å². The van der Waals surface area contributed by atoms with Crippen LogP contribution in [0.4, 0.5) is 0 Å². The third-order valence-electron chi connectivity index (χ3n) is 3.76. The zero-order valence-corrected chi connectivity index (χ0v) is 16.7. The van der Waals surface area contributed by atoms with Crippen molar-refractivity contribution in [2.45, 2.75) is 11.3 Å². The number of nitrogens with one attached hydrogen (secondary N) is 1. The summed E-state index contributed by atoms with van der Waals surface area (Å²) in [5.74, 6) is 0.482. The molecule has 0 unspecified atom stereocenters. The molecule has 0 atom stereocenters. The Morgan fingerprint density at radius 1 is 1.08 bits per heavy atom.